The van der Waals surface area contributed by atoms with E-state index in [1.165, 1.54) is 19.3 Å². The Hall–Kier alpha value is -0.160. The number of rotatable bonds is 0. The van der Waals surface area contributed by atoms with Gasteiger partial charge in [0.05, 0.1) is 0 Å². The first kappa shape index (κ1) is 14.9. The van der Waals surface area contributed by atoms with Gasteiger partial charge in [0.15, 0.2) is 0 Å². The second-order valence-corrected chi connectivity index (χ2v) is 5.32. The van der Waals surface area contributed by atoms with Crippen LogP contribution < -0.4 is 0 Å². The summed E-state index contributed by atoms with van der Waals surface area (Å²) in [5.41, 5.74) is 0. The van der Waals surface area contributed by atoms with Crippen molar-refractivity contribution in [2.45, 2.75) is 82.2 Å². The van der Waals surface area contributed by atoms with Crippen LogP contribution in [0.25, 0.3) is 0 Å². The Morgan fingerprint density at radius 1 is 0.412 bits per heavy atom. The Morgan fingerprint density at radius 3 is 0.941 bits per heavy atom. The maximum absolute atomic E-state index is 9.71. The second kappa shape index (κ2) is 6.69. The van der Waals surface area contributed by atoms with Crippen molar-refractivity contribution in [1.29, 1.82) is 0 Å². The molecule has 4 heteroatoms. The van der Waals surface area contributed by atoms with Crippen molar-refractivity contribution in [3.63, 3.8) is 0 Å². The molecule has 1 aliphatic carbocycles. The molecule has 0 aliphatic heterocycles. The fourth-order valence-corrected chi connectivity index (χ4v) is 2.38. The van der Waals surface area contributed by atoms with Crippen molar-refractivity contribution < 1.29 is 20.4 Å². The molecule has 1 rings (SSSR count). The van der Waals surface area contributed by atoms with E-state index in [1.54, 1.807) is 0 Å². The van der Waals surface area contributed by atoms with Crippen LogP contribution in [-0.2, 0) is 0 Å². The minimum atomic E-state index is -2.37. The van der Waals surface area contributed by atoms with Gasteiger partial charge < -0.3 is 20.4 Å². The molecule has 1 aliphatic rings. The van der Waals surface area contributed by atoms with Crippen molar-refractivity contribution in [3.05, 3.63) is 0 Å². The molecule has 0 amide bonds. The molecule has 0 aromatic carbocycles. The number of aliphatic hydroxyl groups is 4. The predicted molar refractivity (Wildman–Crippen MR) is 65.1 cm³/mol. The van der Waals surface area contributed by atoms with E-state index in [9.17, 15) is 20.4 Å². The molecular weight excluding hydrogens is 220 g/mol. The lowest BCUT2D eigenvalue weighted by Crippen LogP contribution is -2.54. The maximum Gasteiger partial charge on any atom is 0.218 e. The van der Waals surface area contributed by atoms with Gasteiger partial charge in [-0.2, -0.15) is 0 Å². The lowest BCUT2D eigenvalue weighted by molar-refractivity contribution is -0.361. The summed E-state index contributed by atoms with van der Waals surface area (Å²) in [5.74, 6) is -4.75. The van der Waals surface area contributed by atoms with E-state index in [4.69, 9.17) is 0 Å². The molecule has 0 bridgehead atoms. The van der Waals surface area contributed by atoms with Crippen LogP contribution in [0.4, 0.5) is 0 Å². The van der Waals surface area contributed by atoms with Gasteiger partial charge in [-0.3, -0.25) is 0 Å². The van der Waals surface area contributed by atoms with Crippen molar-refractivity contribution in [2.24, 2.45) is 0 Å². The molecule has 17 heavy (non-hydrogen) atoms. The summed E-state index contributed by atoms with van der Waals surface area (Å²) >= 11 is 0. The average molecular weight is 246 g/mol. The first-order valence-electron chi connectivity index (χ1n) is 6.85. The van der Waals surface area contributed by atoms with Crippen LogP contribution >= 0.6 is 0 Å². The third kappa shape index (κ3) is 4.92. The van der Waals surface area contributed by atoms with Gasteiger partial charge in [-0.15, -0.1) is 0 Å². The van der Waals surface area contributed by atoms with E-state index in [1.807, 2.05) is 0 Å². The highest BCUT2D eigenvalue weighted by molar-refractivity contribution is 4.82. The molecular formula is C13H26O4. The molecule has 0 aromatic heterocycles. The predicted octanol–water partition coefficient (Wildman–Crippen LogP) is 1.65. The van der Waals surface area contributed by atoms with Crippen LogP contribution in [0, 0.1) is 0 Å². The highest BCUT2D eigenvalue weighted by atomic mass is 16.6. The fraction of sp³-hybridized carbons (Fsp3) is 1.00. The first-order valence-corrected chi connectivity index (χ1v) is 6.85. The van der Waals surface area contributed by atoms with Crippen LogP contribution in [0.5, 0.6) is 0 Å². The van der Waals surface area contributed by atoms with Gasteiger partial charge in [-0.1, -0.05) is 44.9 Å². The molecule has 1 fully saturated rings. The van der Waals surface area contributed by atoms with Gasteiger partial charge in [0, 0.05) is 12.8 Å². The Labute approximate surface area is 103 Å². The Balaban J connectivity index is 2.52. The van der Waals surface area contributed by atoms with Crippen LogP contribution in [0.1, 0.15) is 70.6 Å². The van der Waals surface area contributed by atoms with Crippen LogP contribution in [0.15, 0.2) is 0 Å². The summed E-state index contributed by atoms with van der Waals surface area (Å²) in [6.45, 7) is 0. The fourth-order valence-electron chi connectivity index (χ4n) is 2.38. The van der Waals surface area contributed by atoms with E-state index < -0.39 is 11.6 Å². The first-order chi connectivity index (χ1) is 7.96. The lowest BCUT2D eigenvalue weighted by atomic mass is 9.94. The summed E-state index contributed by atoms with van der Waals surface area (Å²) < 4.78 is 0. The van der Waals surface area contributed by atoms with E-state index >= 15 is 0 Å². The zero-order valence-electron chi connectivity index (χ0n) is 10.6. The van der Waals surface area contributed by atoms with E-state index in [-0.39, 0.29) is 12.8 Å². The molecule has 0 saturated heterocycles. The normalized spacial score (nSPS) is 27.5. The zero-order chi connectivity index (χ0) is 12.8. The number of hydrogen-bond acceptors (Lipinski definition) is 4. The van der Waals surface area contributed by atoms with E-state index in [0.29, 0.717) is 12.8 Å². The molecule has 0 unspecified atom stereocenters. The van der Waals surface area contributed by atoms with Crippen molar-refractivity contribution in [1.82, 2.24) is 0 Å². The van der Waals surface area contributed by atoms with Crippen molar-refractivity contribution >= 4 is 0 Å². The minimum absolute atomic E-state index is 0.0278. The smallest absolute Gasteiger partial charge is 0.218 e. The highest BCUT2D eigenvalue weighted by Crippen LogP contribution is 2.29. The molecule has 4 N–H and O–H groups in total. The molecule has 102 valence electrons. The molecule has 0 aromatic rings. The van der Waals surface area contributed by atoms with Crippen LogP contribution in [0.3, 0.4) is 0 Å². The summed E-state index contributed by atoms with van der Waals surface area (Å²) in [7, 11) is 0. The lowest BCUT2D eigenvalue weighted by Gasteiger charge is -2.35. The minimum Gasteiger partial charge on any atom is -0.361 e. The van der Waals surface area contributed by atoms with Gasteiger partial charge in [0.25, 0.3) is 0 Å². The summed E-state index contributed by atoms with van der Waals surface area (Å²) in [4.78, 5) is 0. The molecule has 1 saturated carbocycles. The van der Waals surface area contributed by atoms with Crippen LogP contribution in [-0.4, -0.2) is 32.0 Å². The number of hydrogen-bond donors (Lipinski definition) is 4. The molecule has 0 atom stereocenters. The SMILES string of the molecule is OC1(O)CCCCCCCCCCCC1(O)O. The van der Waals surface area contributed by atoms with Crippen LogP contribution in [0.2, 0.25) is 0 Å². The van der Waals surface area contributed by atoms with Gasteiger partial charge in [0.1, 0.15) is 0 Å². The Morgan fingerprint density at radius 2 is 0.647 bits per heavy atom. The topological polar surface area (TPSA) is 80.9 Å². The highest BCUT2D eigenvalue weighted by Gasteiger charge is 2.45. The molecule has 0 heterocycles. The van der Waals surface area contributed by atoms with Gasteiger partial charge in [-0.05, 0) is 12.8 Å². The Bertz CT molecular complexity index is 191. The zero-order valence-corrected chi connectivity index (χ0v) is 10.6. The third-order valence-electron chi connectivity index (χ3n) is 3.69. The molecule has 4 nitrogen and oxygen atoms in total. The Kier molecular flexibility index (Phi) is 5.86. The average Bonchev–Trinajstić information content (AvgIpc) is 2.25. The van der Waals surface area contributed by atoms with Crippen molar-refractivity contribution in [2.75, 3.05) is 0 Å². The monoisotopic (exact) mass is 246 g/mol. The third-order valence-corrected chi connectivity index (χ3v) is 3.69. The standard InChI is InChI=1S/C13H26O4/c14-12(15)10-8-6-4-2-1-3-5-7-9-11-13(12,16)17/h14-17H,1-11H2. The summed E-state index contributed by atoms with van der Waals surface area (Å²) in [6.07, 6.45) is 8.90. The molecule has 0 spiro atoms. The van der Waals surface area contributed by atoms with Crippen molar-refractivity contribution in [3.8, 4) is 0 Å². The second-order valence-electron chi connectivity index (χ2n) is 5.32. The molecule has 0 radical (unpaired) electrons. The largest absolute Gasteiger partial charge is 0.361 e. The maximum atomic E-state index is 9.71. The van der Waals surface area contributed by atoms with Gasteiger partial charge in [-0.25, -0.2) is 0 Å². The summed E-state index contributed by atoms with van der Waals surface area (Å²) in [6, 6.07) is 0. The summed E-state index contributed by atoms with van der Waals surface area (Å²) in [5, 5.41) is 38.8. The van der Waals surface area contributed by atoms with Gasteiger partial charge in [0.2, 0.25) is 11.6 Å². The van der Waals surface area contributed by atoms with E-state index in [0.717, 1.165) is 25.7 Å². The van der Waals surface area contributed by atoms with E-state index in [2.05, 4.69) is 0 Å². The quantitative estimate of drug-likeness (QED) is 0.490. The van der Waals surface area contributed by atoms with Gasteiger partial charge >= 0.3 is 0 Å².